The summed E-state index contributed by atoms with van der Waals surface area (Å²) < 4.78 is 0. The lowest BCUT2D eigenvalue weighted by molar-refractivity contribution is 0.247. The van der Waals surface area contributed by atoms with Gasteiger partial charge in [-0.05, 0) is 35.1 Å². The van der Waals surface area contributed by atoms with E-state index in [0.29, 0.717) is 5.92 Å². The molecule has 0 radical (unpaired) electrons. The summed E-state index contributed by atoms with van der Waals surface area (Å²) in [7, 11) is 0. The molecule has 0 atom stereocenters. The van der Waals surface area contributed by atoms with E-state index in [0.717, 1.165) is 73.1 Å². The number of rotatable bonds is 6. The fraction of sp³-hybridized carbons (Fsp3) is 0.433. The van der Waals surface area contributed by atoms with Gasteiger partial charge in [0.15, 0.2) is 0 Å². The smallest absolute Gasteiger partial charge is 0.138 e. The first-order valence-corrected chi connectivity index (χ1v) is 13.1. The Labute approximate surface area is 214 Å². The number of hydrogen-bond donors (Lipinski definition) is 1. The van der Waals surface area contributed by atoms with Crippen molar-refractivity contribution in [1.82, 2.24) is 24.8 Å². The van der Waals surface area contributed by atoms with Crippen molar-refractivity contribution in [3.63, 3.8) is 0 Å². The first kappa shape index (κ1) is 24.4. The summed E-state index contributed by atoms with van der Waals surface area (Å²) >= 11 is 0. The van der Waals surface area contributed by atoms with Crippen LogP contribution >= 0.6 is 0 Å². The van der Waals surface area contributed by atoms with Gasteiger partial charge in [0.25, 0.3) is 0 Å². The molecule has 1 aliphatic rings. The molecule has 0 spiro atoms. The summed E-state index contributed by atoms with van der Waals surface area (Å²) in [4.78, 5) is 22.8. The van der Waals surface area contributed by atoms with Crippen molar-refractivity contribution in [3.05, 3.63) is 71.8 Å². The standard InChI is InChI=1S/C30H38N6/c1-21(2)19-27-31-14-13-24(32-27)20-35-15-17-36(18-16-35)26-8-6-7-25-28(26)34-29(33-25)22-9-11-23(12-10-22)30(3,4)5/h6-14,21H,15-20H2,1-5H3,(H,33,34). The van der Waals surface area contributed by atoms with Crippen LogP contribution in [0.3, 0.4) is 0 Å². The predicted molar refractivity (Wildman–Crippen MR) is 148 cm³/mol. The van der Waals surface area contributed by atoms with E-state index in [2.05, 4.69) is 103 Å². The number of piperazine rings is 1. The van der Waals surface area contributed by atoms with E-state index in [1.54, 1.807) is 0 Å². The zero-order valence-electron chi connectivity index (χ0n) is 22.3. The molecule has 4 aromatic rings. The lowest BCUT2D eigenvalue weighted by Crippen LogP contribution is -2.46. The lowest BCUT2D eigenvalue weighted by Gasteiger charge is -2.36. The van der Waals surface area contributed by atoms with Crippen LogP contribution in [0.15, 0.2) is 54.7 Å². The summed E-state index contributed by atoms with van der Waals surface area (Å²) in [5.74, 6) is 2.45. The number of benzene rings is 2. The van der Waals surface area contributed by atoms with Gasteiger partial charge < -0.3 is 9.88 Å². The second-order valence-electron chi connectivity index (χ2n) is 11.4. The minimum Gasteiger partial charge on any atom is -0.367 e. The van der Waals surface area contributed by atoms with Crippen molar-refractivity contribution in [2.24, 2.45) is 5.92 Å². The minimum atomic E-state index is 0.144. The highest BCUT2D eigenvalue weighted by Gasteiger charge is 2.21. The number of anilines is 1. The predicted octanol–water partition coefficient (Wildman–Crippen LogP) is 5.84. The van der Waals surface area contributed by atoms with Crippen LogP contribution in [0.2, 0.25) is 0 Å². The molecule has 0 amide bonds. The maximum Gasteiger partial charge on any atom is 0.138 e. The minimum absolute atomic E-state index is 0.144. The van der Waals surface area contributed by atoms with Crippen LogP contribution in [-0.4, -0.2) is 51.0 Å². The largest absolute Gasteiger partial charge is 0.367 e. The van der Waals surface area contributed by atoms with Gasteiger partial charge in [-0.3, -0.25) is 4.90 Å². The average Bonchev–Trinajstić information content (AvgIpc) is 3.29. The van der Waals surface area contributed by atoms with Gasteiger partial charge in [0.05, 0.1) is 16.9 Å². The van der Waals surface area contributed by atoms with Gasteiger partial charge in [-0.2, -0.15) is 0 Å². The summed E-state index contributed by atoms with van der Waals surface area (Å²) in [5.41, 5.74) is 7.06. The number of para-hydroxylation sites is 1. The summed E-state index contributed by atoms with van der Waals surface area (Å²) in [6.45, 7) is 16.0. The molecule has 188 valence electrons. The number of aromatic amines is 1. The molecule has 3 heterocycles. The Balaban J connectivity index is 1.28. The molecule has 1 saturated heterocycles. The Morgan fingerprint density at radius 3 is 2.36 bits per heavy atom. The number of fused-ring (bicyclic) bond motifs is 1. The van der Waals surface area contributed by atoms with Crippen LogP contribution < -0.4 is 4.90 Å². The van der Waals surface area contributed by atoms with Gasteiger partial charge in [0, 0.05) is 50.9 Å². The van der Waals surface area contributed by atoms with Crippen LogP contribution in [0.5, 0.6) is 0 Å². The highest BCUT2D eigenvalue weighted by atomic mass is 15.3. The maximum atomic E-state index is 5.04. The van der Waals surface area contributed by atoms with Crippen molar-refractivity contribution in [1.29, 1.82) is 0 Å². The Bertz CT molecular complexity index is 1310. The number of nitrogens with one attached hydrogen (secondary N) is 1. The van der Waals surface area contributed by atoms with E-state index < -0.39 is 0 Å². The van der Waals surface area contributed by atoms with Gasteiger partial charge in [0.1, 0.15) is 17.2 Å². The normalized spacial score (nSPS) is 15.2. The maximum absolute atomic E-state index is 5.04. The molecule has 2 aromatic heterocycles. The third kappa shape index (κ3) is 5.44. The second-order valence-corrected chi connectivity index (χ2v) is 11.4. The molecule has 2 aromatic carbocycles. The summed E-state index contributed by atoms with van der Waals surface area (Å²) in [5, 5.41) is 0. The summed E-state index contributed by atoms with van der Waals surface area (Å²) in [6.07, 6.45) is 2.83. The Morgan fingerprint density at radius 2 is 1.67 bits per heavy atom. The molecule has 5 rings (SSSR count). The monoisotopic (exact) mass is 482 g/mol. The Hall–Kier alpha value is -3.25. The van der Waals surface area contributed by atoms with E-state index in [1.807, 2.05) is 6.20 Å². The number of H-pyrrole nitrogens is 1. The molecule has 1 fully saturated rings. The third-order valence-electron chi connectivity index (χ3n) is 6.97. The van der Waals surface area contributed by atoms with E-state index in [1.165, 1.54) is 11.3 Å². The Morgan fingerprint density at radius 1 is 0.917 bits per heavy atom. The molecule has 36 heavy (non-hydrogen) atoms. The van der Waals surface area contributed by atoms with Crippen molar-refractivity contribution < 1.29 is 0 Å². The first-order chi connectivity index (χ1) is 17.3. The van der Waals surface area contributed by atoms with E-state index in [4.69, 9.17) is 9.97 Å². The van der Waals surface area contributed by atoms with Gasteiger partial charge in [-0.25, -0.2) is 15.0 Å². The van der Waals surface area contributed by atoms with Crippen LogP contribution in [-0.2, 0) is 18.4 Å². The molecular formula is C30H38N6. The highest BCUT2D eigenvalue weighted by Crippen LogP contribution is 2.30. The zero-order valence-corrected chi connectivity index (χ0v) is 22.3. The molecule has 1 aliphatic heterocycles. The first-order valence-electron chi connectivity index (χ1n) is 13.1. The molecule has 0 aliphatic carbocycles. The third-order valence-corrected chi connectivity index (χ3v) is 6.97. The Kier molecular flexibility index (Phi) is 6.80. The number of hydrogen-bond acceptors (Lipinski definition) is 5. The molecule has 6 heteroatoms. The number of imidazole rings is 1. The van der Waals surface area contributed by atoms with Gasteiger partial charge in [0.2, 0.25) is 0 Å². The lowest BCUT2D eigenvalue weighted by atomic mass is 9.87. The van der Waals surface area contributed by atoms with Crippen molar-refractivity contribution in [2.75, 3.05) is 31.1 Å². The van der Waals surface area contributed by atoms with Crippen molar-refractivity contribution in [3.8, 4) is 11.4 Å². The SMILES string of the molecule is CC(C)Cc1nccc(CN2CCN(c3cccc4[nH]c(-c5ccc(C(C)(C)C)cc5)nc34)CC2)n1. The topological polar surface area (TPSA) is 60.9 Å². The second kappa shape index (κ2) is 10.0. The molecular weight excluding hydrogens is 444 g/mol. The zero-order chi connectivity index (χ0) is 25.3. The highest BCUT2D eigenvalue weighted by molar-refractivity contribution is 5.91. The van der Waals surface area contributed by atoms with Gasteiger partial charge in [-0.15, -0.1) is 0 Å². The average molecular weight is 483 g/mol. The fourth-order valence-corrected chi connectivity index (χ4v) is 4.91. The molecule has 6 nitrogen and oxygen atoms in total. The van der Waals surface area contributed by atoms with Crippen LogP contribution in [0.4, 0.5) is 5.69 Å². The van der Waals surface area contributed by atoms with Gasteiger partial charge in [-0.1, -0.05) is 65.0 Å². The van der Waals surface area contributed by atoms with Crippen LogP contribution in [0.1, 0.15) is 51.7 Å². The van der Waals surface area contributed by atoms with Gasteiger partial charge >= 0.3 is 0 Å². The number of nitrogens with zero attached hydrogens (tertiary/aromatic N) is 5. The number of aromatic nitrogens is 4. The van der Waals surface area contributed by atoms with Crippen LogP contribution in [0, 0.1) is 5.92 Å². The quantitative estimate of drug-likeness (QED) is 0.374. The fourth-order valence-electron chi connectivity index (χ4n) is 4.91. The molecule has 1 N–H and O–H groups in total. The molecule has 0 saturated carbocycles. The van der Waals surface area contributed by atoms with Crippen molar-refractivity contribution >= 4 is 16.7 Å². The summed E-state index contributed by atoms with van der Waals surface area (Å²) in [6, 6.07) is 17.3. The molecule has 0 bridgehead atoms. The van der Waals surface area contributed by atoms with E-state index >= 15 is 0 Å². The van der Waals surface area contributed by atoms with Crippen LogP contribution in [0.25, 0.3) is 22.4 Å². The van der Waals surface area contributed by atoms with E-state index in [9.17, 15) is 0 Å². The molecule has 0 unspecified atom stereocenters. The van der Waals surface area contributed by atoms with E-state index in [-0.39, 0.29) is 5.41 Å². The van der Waals surface area contributed by atoms with Crippen molar-refractivity contribution in [2.45, 2.75) is 53.0 Å².